The Kier molecular flexibility index (Phi) is 3.42. The van der Waals surface area contributed by atoms with Crippen LogP contribution in [0.5, 0.6) is 5.75 Å². The summed E-state index contributed by atoms with van der Waals surface area (Å²) in [6.45, 7) is 0.850. The van der Waals surface area contributed by atoms with Gasteiger partial charge < -0.3 is 10.1 Å². The number of hydrogen-bond acceptors (Lipinski definition) is 4. The Labute approximate surface area is 112 Å². The normalized spacial score (nSPS) is 14.4. The van der Waals surface area contributed by atoms with Gasteiger partial charge in [-0.3, -0.25) is 0 Å². The summed E-state index contributed by atoms with van der Waals surface area (Å²) < 4.78 is 5.21. The molecule has 0 amide bonds. The van der Waals surface area contributed by atoms with E-state index in [9.17, 15) is 0 Å². The van der Waals surface area contributed by atoms with Gasteiger partial charge in [0.05, 0.1) is 7.11 Å². The maximum Gasteiger partial charge on any atom is 0.159 e. The topological polar surface area (TPSA) is 47.0 Å². The van der Waals surface area contributed by atoms with Crippen molar-refractivity contribution in [2.45, 2.75) is 25.4 Å². The van der Waals surface area contributed by atoms with E-state index >= 15 is 0 Å². The van der Waals surface area contributed by atoms with Gasteiger partial charge in [-0.25, -0.2) is 9.97 Å². The van der Waals surface area contributed by atoms with E-state index in [1.54, 1.807) is 7.11 Å². The molecule has 1 aromatic carbocycles. The van der Waals surface area contributed by atoms with E-state index in [0.29, 0.717) is 6.04 Å². The van der Waals surface area contributed by atoms with Crippen LogP contribution in [0.1, 0.15) is 18.4 Å². The fourth-order valence-electron chi connectivity index (χ4n) is 1.91. The first-order valence-electron chi connectivity index (χ1n) is 6.54. The lowest BCUT2D eigenvalue weighted by molar-refractivity contribution is 0.415. The molecular weight excluding hydrogens is 238 g/mol. The number of nitrogens with zero attached hydrogens (tertiary/aromatic N) is 2. The highest BCUT2D eigenvalue weighted by Crippen LogP contribution is 2.21. The van der Waals surface area contributed by atoms with Gasteiger partial charge in [0.2, 0.25) is 0 Å². The van der Waals surface area contributed by atoms with Crippen molar-refractivity contribution < 1.29 is 4.74 Å². The third-order valence-corrected chi connectivity index (χ3v) is 3.21. The first kappa shape index (κ1) is 12.1. The van der Waals surface area contributed by atoms with Gasteiger partial charge in [0.1, 0.15) is 5.75 Å². The van der Waals surface area contributed by atoms with Crippen LogP contribution in [0.15, 0.2) is 36.7 Å². The van der Waals surface area contributed by atoms with Crippen LogP contribution in [0.4, 0.5) is 0 Å². The number of methoxy groups -OCH3 is 1. The van der Waals surface area contributed by atoms with E-state index in [2.05, 4.69) is 15.3 Å². The minimum absolute atomic E-state index is 0.707. The zero-order valence-corrected chi connectivity index (χ0v) is 11.0. The smallest absolute Gasteiger partial charge is 0.159 e. The minimum Gasteiger partial charge on any atom is -0.497 e. The van der Waals surface area contributed by atoms with Crippen molar-refractivity contribution in [2.75, 3.05) is 7.11 Å². The molecule has 0 unspecified atom stereocenters. The van der Waals surface area contributed by atoms with Crippen molar-refractivity contribution in [2.24, 2.45) is 0 Å². The molecule has 4 nitrogen and oxygen atoms in total. The molecule has 19 heavy (non-hydrogen) atoms. The molecule has 1 N–H and O–H groups in total. The molecule has 1 heterocycles. The molecule has 1 aliphatic carbocycles. The largest absolute Gasteiger partial charge is 0.497 e. The summed E-state index contributed by atoms with van der Waals surface area (Å²) in [4.78, 5) is 8.83. The lowest BCUT2D eigenvalue weighted by Gasteiger charge is -2.05. The average Bonchev–Trinajstić information content (AvgIpc) is 3.30. The number of nitrogens with one attached hydrogen (secondary N) is 1. The average molecular weight is 255 g/mol. The van der Waals surface area contributed by atoms with E-state index in [-0.39, 0.29) is 0 Å². The number of hydrogen-bond donors (Lipinski definition) is 1. The van der Waals surface area contributed by atoms with E-state index in [4.69, 9.17) is 4.74 Å². The van der Waals surface area contributed by atoms with E-state index in [1.807, 2.05) is 36.7 Å². The lowest BCUT2D eigenvalue weighted by Crippen LogP contribution is -2.15. The van der Waals surface area contributed by atoms with E-state index in [1.165, 1.54) is 12.8 Å². The third kappa shape index (κ3) is 3.09. The highest BCUT2D eigenvalue weighted by molar-refractivity contribution is 5.57. The van der Waals surface area contributed by atoms with Crippen LogP contribution < -0.4 is 10.1 Å². The predicted octanol–water partition coefficient (Wildman–Crippen LogP) is 2.40. The maximum atomic E-state index is 5.21. The van der Waals surface area contributed by atoms with Gasteiger partial charge in [0.15, 0.2) is 5.82 Å². The zero-order chi connectivity index (χ0) is 13.1. The molecule has 0 atom stereocenters. The van der Waals surface area contributed by atoms with Gasteiger partial charge in [-0.15, -0.1) is 0 Å². The van der Waals surface area contributed by atoms with Gasteiger partial charge in [0, 0.05) is 36.1 Å². The highest BCUT2D eigenvalue weighted by Gasteiger charge is 2.19. The van der Waals surface area contributed by atoms with Crippen LogP contribution in [0, 0.1) is 0 Å². The second-order valence-corrected chi connectivity index (χ2v) is 4.80. The Morgan fingerprint density at radius 2 is 2.05 bits per heavy atom. The summed E-state index contributed by atoms with van der Waals surface area (Å²) in [6.07, 6.45) is 6.36. The van der Waals surface area contributed by atoms with E-state index in [0.717, 1.165) is 29.2 Å². The SMILES string of the molecule is COc1cccc(-c2ncc(CNC3CC3)cn2)c1. The number of ether oxygens (including phenoxy) is 1. The van der Waals surface area contributed by atoms with Crippen LogP contribution in [0.25, 0.3) is 11.4 Å². The van der Waals surface area contributed by atoms with Crippen LogP contribution in [-0.4, -0.2) is 23.1 Å². The minimum atomic E-state index is 0.707. The molecular formula is C15H17N3O. The Morgan fingerprint density at radius 3 is 2.74 bits per heavy atom. The first-order valence-corrected chi connectivity index (χ1v) is 6.54. The zero-order valence-electron chi connectivity index (χ0n) is 11.0. The summed E-state index contributed by atoms with van der Waals surface area (Å²) in [5.41, 5.74) is 2.10. The quantitative estimate of drug-likeness (QED) is 0.891. The van der Waals surface area contributed by atoms with Gasteiger partial charge >= 0.3 is 0 Å². The van der Waals surface area contributed by atoms with Crippen molar-refractivity contribution in [1.29, 1.82) is 0 Å². The van der Waals surface area contributed by atoms with Crippen LogP contribution in [-0.2, 0) is 6.54 Å². The number of rotatable bonds is 5. The van der Waals surface area contributed by atoms with Gasteiger partial charge in [-0.2, -0.15) is 0 Å². The third-order valence-electron chi connectivity index (χ3n) is 3.21. The molecule has 1 aromatic heterocycles. The Hall–Kier alpha value is -1.94. The Morgan fingerprint density at radius 1 is 1.26 bits per heavy atom. The van der Waals surface area contributed by atoms with Crippen molar-refractivity contribution in [3.63, 3.8) is 0 Å². The molecule has 2 aromatic rings. The molecule has 0 bridgehead atoms. The summed E-state index contributed by atoms with van der Waals surface area (Å²) in [5, 5.41) is 3.45. The summed E-state index contributed by atoms with van der Waals surface area (Å²) in [6, 6.07) is 8.49. The van der Waals surface area contributed by atoms with Gasteiger partial charge in [0.25, 0.3) is 0 Å². The molecule has 3 rings (SSSR count). The molecule has 1 fully saturated rings. The second-order valence-electron chi connectivity index (χ2n) is 4.80. The molecule has 1 saturated carbocycles. The molecule has 0 spiro atoms. The number of benzene rings is 1. The summed E-state index contributed by atoms with van der Waals surface area (Å²) >= 11 is 0. The lowest BCUT2D eigenvalue weighted by atomic mass is 10.2. The molecule has 4 heteroatoms. The molecule has 98 valence electrons. The van der Waals surface area contributed by atoms with Crippen LogP contribution >= 0.6 is 0 Å². The Balaban J connectivity index is 1.72. The van der Waals surface area contributed by atoms with Gasteiger partial charge in [-0.1, -0.05) is 12.1 Å². The Bertz CT molecular complexity index is 550. The monoisotopic (exact) mass is 255 g/mol. The van der Waals surface area contributed by atoms with Crippen molar-refractivity contribution in [1.82, 2.24) is 15.3 Å². The molecule has 0 saturated heterocycles. The van der Waals surface area contributed by atoms with Crippen molar-refractivity contribution >= 4 is 0 Å². The van der Waals surface area contributed by atoms with Crippen molar-refractivity contribution in [3.8, 4) is 17.1 Å². The fourth-order valence-corrected chi connectivity index (χ4v) is 1.91. The standard InChI is InChI=1S/C15H17N3O/c1-19-14-4-2-3-12(7-14)15-17-9-11(10-18-15)8-16-13-5-6-13/h2-4,7,9-10,13,16H,5-6,8H2,1H3. The maximum absolute atomic E-state index is 5.21. The number of aromatic nitrogens is 2. The first-order chi connectivity index (χ1) is 9.35. The second kappa shape index (κ2) is 5.36. The van der Waals surface area contributed by atoms with Crippen LogP contribution in [0.3, 0.4) is 0 Å². The van der Waals surface area contributed by atoms with Gasteiger partial charge in [-0.05, 0) is 25.0 Å². The summed E-state index contributed by atoms with van der Waals surface area (Å²) in [5.74, 6) is 1.55. The molecule has 1 aliphatic rings. The summed E-state index contributed by atoms with van der Waals surface area (Å²) in [7, 11) is 1.66. The highest BCUT2D eigenvalue weighted by atomic mass is 16.5. The predicted molar refractivity (Wildman–Crippen MR) is 73.9 cm³/mol. The van der Waals surface area contributed by atoms with Crippen molar-refractivity contribution in [3.05, 3.63) is 42.2 Å². The van der Waals surface area contributed by atoms with Crippen LogP contribution in [0.2, 0.25) is 0 Å². The fraction of sp³-hybridized carbons (Fsp3) is 0.333. The van der Waals surface area contributed by atoms with E-state index < -0.39 is 0 Å². The molecule has 0 radical (unpaired) electrons. The molecule has 0 aliphatic heterocycles.